The molecule has 0 aliphatic heterocycles. The van der Waals surface area contributed by atoms with Crippen molar-refractivity contribution in [3.8, 4) is 0 Å². The summed E-state index contributed by atoms with van der Waals surface area (Å²) in [5.41, 5.74) is 1.48. The first-order valence-corrected chi connectivity index (χ1v) is 8.63. The predicted octanol–water partition coefficient (Wildman–Crippen LogP) is 4.80. The zero-order chi connectivity index (χ0) is 16.9. The van der Waals surface area contributed by atoms with Crippen molar-refractivity contribution < 1.29 is 9.53 Å². The Bertz CT molecular complexity index is 516. The van der Waals surface area contributed by atoms with Crippen molar-refractivity contribution in [1.82, 2.24) is 4.90 Å². The van der Waals surface area contributed by atoms with Crippen LogP contribution < -0.4 is 5.32 Å². The van der Waals surface area contributed by atoms with Crippen molar-refractivity contribution in [3.05, 3.63) is 29.8 Å². The average molecular weight is 318 g/mol. The summed E-state index contributed by atoms with van der Waals surface area (Å²) in [6.45, 7) is 6.46. The van der Waals surface area contributed by atoms with E-state index in [1.807, 2.05) is 39.0 Å². The van der Waals surface area contributed by atoms with Crippen molar-refractivity contribution in [2.24, 2.45) is 0 Å². The van der Waals surface area contributed by atoms with Gasteiger partial charge >= 0.3 is 6.09 Å². The fourth-order valence-corrected chi connectivity index (χ4v) is 3.11. The summed E-state index contributed by atoms with van der Waals surface area (Å²) in [6, 6.07) is 8.62. The first-order valence-electron chi connectivity index (χ1n) is 8.63. The van der Waals surface area contributed by atoms with E-state index >= 15 is 0 Å². The third-order valence-corrected chi connectivity index (χ3v) is 4.27. The van der Waals surface area contributed by atoms with Gasteiger partial charge in [0.2, 0.25) is 0 Å². The Hall–Kier alpha value is -1.55. The van der Waals surface area contributed by atoms with Crippen LogP contribution in [-0.4, -0.2) is 29.7 Å². The van der Waals surface area contributed by atoms with Gasteiger partial charge in [0.15, 0.2) is 0 Å². The van der Waals surface area contributed by atoms with Crippen LogP contribution >= 0.6 is 0 Å². The normalized spacial score (nSPS) is 16.4. The van der Waals surface area contributed by atoms with Gasteiger partial charge in [-0.2, -0.15) is 0 Å². The molecule has 4 heteroatoms. The maximum absolute atomic E-state index is 12.0. The molecule has 0 aromatic heterocycles. The van der Waals surface area contributed by atoms with Gasteiger partial charge < -0.3 is 4.74 Å². The second-order valence-corrected chi connectivity index (χ2v) is 7.49. The maximum Gasteiger partial charge on any atom is 0.412 e. The number of anilines is 1. The molecule has 1 saturated carbocycles. The summed E-state index contributed by atoms with van der Waals surface area (Å²) in [6.07, 6.45) is 6.17. The fourth-order valence-electron chi connectivity index (χ4n) is 3.11. The number of para-hydroxylation sites is 1. The van der Waals surface area contributed by atoms with Gasteiger partial charge in [0.25, 0.3) is 0 Å². The summed E-state index contributed by atoms with van der Waals surface area (Å²) >= 11 is 0. The zero-order valence-corrected chi connectivity index (χ0v) is 14.9. The van der Waals surface area contributed by atoms with Crippen LogP contribution in [0.15, 0.2) is 24.3 Å². The van der Waals surface area contributed by atoms with Gasteiger partial charge in [-0.1, -0.05) is 37.5 Å². The fraction of sp³-hybridized carbons (Fsp3) is 0.632. The number of carbonyl (C=O) groups is 1. The Morgan fingerprint density at radius 3 is 2.52 bits per heavy atom. The molecule has 0 radical (unpaired) electrons. The summed E-state index contributed by atoms with van der Waals surface area (Å²) in [5, 5.41) is 2.89. The van der Waals surface area contributed by atoms with Gasteiger partial charge in [-0.3, -0.25) is 10.2 Å². The summed E-state index contributed by atoms with van der Waals surface area (Å²) in [5.74, 6) is 0. The van der Waals surface area contributed by atoms with Gasteiger partial charge in [-0.25, -0.2) is 4.79 Å². The van der Waals surface area contributed by atoms with E-state index in [2.05, 4.69) is 23.3 Å². The number of nitrogens with zero attached hydrogens (tertiary/aromatic N) is 1. The predicted molar refractivity (Wildman–Crippen MR) is 94.6 cm³/mol. The molecule has 1 N–H and O–H groups in total. The Morgan fingerprint density at radius 2 is 1.87 bits per heavy atom. The third-order valence-electron chi connectivity index (χ3n) is 4.27. The van der Waals surface area contributed by atoms with E-state index in [-0.39, 0.29) is 0 Å². The van der Waals surface area contributed by atoms with Crippen LogP contribution in [0, 0.1) is 0 Å². The molecule has 4 nitrogen and oxygen atoms in total. The van der Waals surface area contributed by atoms with Crippen LogP contribution in [-0.2, 0) is 11.3 Å². The lowest BCUT2D eigenvalue weighted by molar-refractivity contribution is 0.0635. The SMILES string of the molecule is CN(Cc1ccccc1NC(=O)OC(C)(C)C)C1CCCCC1. The molecular formula is C19H30N2O2. The Morgan fingerprint density at radius 1 is 1.22 bits per heavy atom. The van der Waals surface area contributed by atoms with Crippen LogP contribution in [0.1, 0.15) is 58.4 Å². The standard InChI is InChI=1S/C19H30N2O2/c1-19(2,3)23-18(22)20-17-13-9-8-10-15(17)14-21(4)16-11-6-5-7-12-16/h8-10,13,16H,5-7,11-12,14H2,1-4H3,(H,20,22). The van der Waals surface area contributed by atoms with Gasteiger partial charge in [-0.05, 0) is 52.3 Å². The lowest BCUT2D eigenvalue weighted by atomic mass is 9.94. The highest BCUT2D eigenvalue weighted by Crippen LogP contribution is 2.25. The van der Waals surface area contributed by atoms with Gasteiger partial charge in [0.1, 0.15) is 5.60 Å². The van der Waals surface area contributed by atoms with E-state index < -0.39 is 11.7 Å². The van der Waals surface area contributed by atoms with E-state index in [1.165, 1.54) is 32.1 Å². The molecule has 0 atom stereocenters. The Balaban J connectivity index is 2.00. The highest BCUT2D eigenvalue weighted by Gasteiger charge is 2.20. The molecule has 1 fully saturated rings. The lowest BCUT2D eigenvalue weighted by Gasteiger charge is -2.31. The van der Waals surface area contributed by atoms with E-state index in [0.717, 1.165) is 17.8 Å². The van der Waals surface area contributed by atoms with Crippen LogP contribution in [0.4, 0.5) is 10.5 Å². The zero-order valence-electron chi connectivity index (χ0n) is 14.9. The van der Waals surface area contributed by atoms with Crippen LogP contribution in [0.25, 0.3) is 0 Å². The van der Waals surface area contributed by atoms with Crippen molar-refractivity contribution in [3.63, 3.8) is 0 Å². The van der Waals surface area contributed by atoms with E-state index in [0.29, 0.717) is 6.04 Å². The number of nitrogens with one attached hydrogen (secondary N) is 1. The summed E-state index contributed by atoms with van der Waals surface area (Å²) in [4.78, 5) is 14.4. The van der Waals surface area contributed by atoms with Crippen molar-refractivity contribution in [2.45, 2.75) is 71.1 Å². The molecule has 1 aliphatic rings. The first-order chi connectivity index (χ1) is 10.8. The quantitative estimate of drug-likeness (QED) is 0.867. The topological polar surface area (TPSA) is 41.6 Å². The molecule has 0 unspecified atom stereocenters. The van der Waals surface area contributed by atoms with Crippen LogP contribution in [0.2, 0.25) is 0 Å². The van der Waals surface area contributed by atoms with Gasteiger partial charge in [0.05, 0.1) is 0 Å². The maximum atomic E-state index is 12.0. The molecule has 1 amide bonds. The van der Waals surface area contributed by atoms with Crippen molar-refractivity contribution >= 4 is 11.8 Å². The molecule has 0 bridgehead atoms. The molecule has 1 aromatic rings. The number of ether oxygens (including phenoxy) is 1. The average Bonchev–Trinajstić information content (AvgIpc) is 2.48. The monoisotopic (exact) mass is 318 g/mol. The largest absolute Gasteiger partial charge is 0.444 e. The molecular weight excluding hydrogens is 288 g/mol. The van der Waals surface area contributed by atoms with Crippen molar-refractivity contribution in [2.75, 3.05) is 12.4 Å². The van der Waals surface area contributed by atoms with Crippen LogP contribution in [0.3, 0.4) is 0 Å². The molecule has 1 aliphatic carbocycles. The van der Waals surface area contributed by atoms with Gasteiger partial charge in [-0.15, -0.1) is 0 Å². The number of benzene rings is 1. The lowest BCUT2D eigenvalue weighted by Crippen LogP contribution is -2.33. The van der Waals surface area contributed by atoms with Gasteiger partial charge in [0, 0.05) is 18.3 Å². The number of hydrogen-bond acceptors (Lipinski definition) is 3. The summed E-state index contributed by atoms with van der Waals surface area (Å²) in [7, 11) is 2.18. The molecule has 0 spiro atoms. The third kappa shape index (κ3) is 5.87. The number of amides is 1. The molecule has 2 rings (SSSR count). The Kier molecular flexibility index (Phi) is 6.05. The number of rotatable bonds is 4. The summed E-state index contributed by atoms with van der Waals surface area (Å²) < 4.78 is 5.35. The second kappa shape index (κ2) is 7.82. The Labute approximate surface area is 140 Å². The van der Waals surface area contributed by atoms with E-state index in [1.54, 1.807) is 0 Å². The number of carbonyl (C=O) groups excluding carboxylic acids is 1. The van der Waals surface area contributed by atoms with Crippen LogP contribution in [0.5, 0.6) is 0 Å². The minimum Gasteiger partial charge on any atom is -0.444 e. The minimum atomic E-state index is -0.488. The smallest absolute Gasteiger partial charge is 0.412 e. The van der Waals surface area contributed by atoms with E-state index in [9.17, 15) is 4.79 Å². The molecule has 23 heavy (non-hydrogen) atoms. The highest BCUT2D eigenvalue weighted by molar-refractivity contribution is 5.85. The molecule has 0 saturated heterocycles. The highest BCUT2D eigenvalue weighted by atomic mass is 16.6. The molecule has 128 valence electrons. The molecule has 0 heterocycles. The van der Waals surface area contributed by atoms with E-state index in [4.69, 9.17) is 4.74 Å². The second-order valence-electron chi connectivity index (χ2n) is 7.49. The van der Waals surface area contributed by atoms with Crippen molar-refractivity contribution in [1.29, 1.82) is 0 Å². The first kappa shape index (κ1) is 17.8. The molecule has 1 aromatic carbocycles. The number of hydrogen-bond donors (Lipinski definition) is 1. The minimum absolute atomic E-state index is 0.398.